The molecule has 0 N–H and O–H groups in total. The van der Waals surface area contributed by atoms with Crippen molar-refractivity contribution in [3.63, 3.8) is 0 Å². The Bertz CT molecular complexity index is 2580. The number of rotatable bonds is 9. The van der Waals surface area contributed by atoms with Gasteiger partial charge in [0.2, 0.25) is 0 Å². The van der Waals surface area contributed by atoms with Gasteiger partial charge in [-0.2, -0.15) is 26.3 Å². The molecule has 0 radical (unpaired) electrons. The molecular formula is C41H28F6N4O5. The molecule has 0 saturated carbocycles. The van der Waals surface area contributed by atoms with Gasteiger partial charge in [-0.15, -0.1) is 0 Å². The quantitative estimate of drug-likeness (QED) is 0.0628. The largest absolute Gasteiger partial charge is 0.454 e. The highest BCUT2D eigenvalue weighted by atomic mass is 19.4. The van der Waals surface area contributed by atoms with E-state index in [4.69, 9.17) is 0 Å². The molecule has 284 valence electrons. The van der Waals surface area contributed by atoms with Crippen LogP contribution in [0.5, 0.6) is 0 Å². The maximum Gasteiger partial charge on any atom is 0.454 e. The van der Waals surface area contributed by atoms with Crippen molar-refractivity contribution in [2.45, 2.75) is 25.4 Å². The number of ketones is 1. The Morgan fingerprint density at radius 2 is 0.982 bits per heavy atom. The SMILES string of the molecule is O=C(c1cn(Cc2ccccc2)c2cc([N+](=O)[O-])ccc12)C(F)(F)F.O=[N+]([O-])c1ccc2c(C(=Cc3ccccc3)C(F)(F)F)cn(Cc3ccccc3)c2c1. The van der Waals surface area contributed by atoms with Gasteiger partial charge in [0.1, 0.15) is 0 Å². The summed E-state index contributed by atoms with van der Waals surface area (Å²) in [6, 6.07) is 33.7. The standard InChI is InChI=1S/C24H17F3N2O2.C17H11F3N2O3/c25-24(26,27)22(13-17-7-3-1-4-8-17)21-16-28(15-18-9-5-2-6-10-18)23-14-19(29(30)31)11-12-20(21)23;18-17(19,20)16(23)14-10-21(9-11-4-2-1-3-5-11)15-8-12(22(24)25)6-7-13(14)15/h1-14,16H,15H2;1-8,10H,9H2. The van der Waals surface area contributed by atoms with E-state index in [-0.39, 0.29) is 40.9 Å². The van der Waals surface area contributed by atoms with Crippen molar-refractivity contribution >= 4 is 50.6 Å². The van der Waals surface area contributed by atoms with Crippen LogP contribution in [-0.4, -0.2) is 37.1 Å². The van der Waals surface area contributed by atoms with Crippen molar-refractivity contribution in [2.75, 3.05) is 0 Å². The average molecular weight is 771 g/mol. The predicted molar refractivity (Wildman–Crippen MR) is 199 cm³/mol. The Morgan fingerprint density at radius 1 is 0.571 bits per heavy atom. The molecule has 9 nitrogen and oxygen atoms in total. The number of aromatic nitrogens is 2. The van der Waals surface area contributed by atoms with Crippen LogP contribution in [0.1, 0.15) is 32.6 Å². The second-order valence-corrected chi connectivity index (χ2v) is 12.5. The minimum absolute atomic E-state index is 0.0165. The fourth-order valence-electron chi connectivity index (χ4n) is 6.19. The smallest absolute Gasteiger partial charge is 0.342 e. The van der Waals surface area contributed by atoms with Crippen molar-refractivity contribution in [1.29, 1.82) is 0 Å². The highest BCUT2D eigenvalue weighted by molar-refractivity contribution is 6.11. The first-order valence-corrected chi connectivity index (χ1v) is 16.7. The van der Waals surface area contributed by atoms with Crippen molar-refractivity contribution < 1.29 is 41.0 Å². The first-order chi connectivity index (χ1) is 26.6. The van der Waals surface area contributed by atoms with E-state index in [0.717, 1.165) is 29.5 Å². The summed E-state index contributed by atoms with van der Waals surface area (Å²) < 4.78 is 83.8. The summed E-state index contributed by atoms with van der Waals surface area (Å²) in [6.07, 6.45) is -6.01. The molecule has 2 aromatic heterocycles. The Morgan fingerprint density at radius 3 is 1.39 bits per heavy atom. The lowest BCUT2D eigenvalue weighted by atomic mass is 10.0. The summed E-state index contributed by atoms with van der Waals surface area (Å²) in [6.45, 7) is 0.471. The Balaban J connectivity index is 0.000000194. The Labute approximate surface area is 313 Å². The van der Waals surface area contributed by atoms with Crippen molar-refractivity contribution in [1.82, 2.24) is 9.13 Å². The van der Waals surface area contributed by atoms with Gasteiger partial charge in [-0.25, -0.2) is 0 Å². The summed E-state index contributed by atoms with van der Waals surface area (Å²) in [4.78, 5) is 32.7. The van der Waals surface area contributed by atoms with Crippen LogP contribution in [0.25, 0.3) is 33.5 Å². The number of halogens is 6. The number of allylic oxidation sites excluding steroid dienone is 1. The zero-order valence-electron chi connectivity index (χ0n) is 28.9. The molecule has 0 saturated heterocycles. The van der Waals surface area contributed by atoms with E-state index in [9.17, 15) is 51.4 Å². The van der Waals surface area contributed by atoms with E-state index in [1.807, 2.05) is 30.3 Å². The number of carbonyl (C=O) groups excluding carboxylic acids is 1. The number of hydrogen-bond acceptors (Lipinski definition) is 5. The summed E-state index contributed by atoms with van der Waals surface area (Å²) in [5.41, 5.74) is 0.880. The summed E-state index contributed by atoms with van der Waals surface area (Å²) in [5, 5.41) is 22.6. The number of benzene rings is 5. The molecule has 0 aliphatic carbocycles. The molecule has 0 atom stereocenters. The van der Waals surface area contributed by atoms with Crippen LogP contribution < -0.4 is 0 Å². The van der Waals surface area contributed by atoms with Gasteiger partial charge in [-0.3, -0.25) is 25.0 Å². The van der Waals surface area contributed by atoms with Gasteiger partial charge in [-0.05, 0) is 34.9 Å². The van der Waals surface area contributed by atoms with Gasteiger partial charge in [-0.1, -0.05) is 91.0 Å². The van der Waals surface area contributed by atoms with Crippen molar-refractivity contribution in [3.05, 3.63) is 188 Å². The predicted octanol–water partition coefficient (Wildman–Crippen LogP) is 11.0. The normalized spacial score (nSPS) is 12.0. The third kappa shape index (κ3) is 8.67. The number of nitrogens with zero attached hydrogens (tertiary/aromatic N) is 4. The van der Waals surface area contributed by atoms with Crippen LogP contribution in [0, 0.1) is 20.2 Å². The fraction of sp³-hybridized carbons (Fsp3) is 0.0976. The lowest BCUT2D eigenvalue weighted by molar-refractivity contribution is -0.384. The molecule has 5 aromatic carbocycles. The van der Waals surface area contributed by atoms with E-state index < -0.39 is 39.1 Å². The van der Waals surface area contributed by atoms with E-state index >= 15 is 0 Å². The average Bonchev–Trinajstić information content (AvgIpc) is 3.71. The number of nitro groups is 2. The second-order valence-electron chi connectivity index (χ2n) is 12.5. The topological polar surface area (TPSA) is 113 Å². The molecule has 15 heteroatoms. The number of fused-ring (bicyclic) bond motifs is 2. The van der Waals surface area contributed by atoms with Gasteiger partial charge in [0.05, 0.1) is 32.0 Å². The molecule has 0 aliphatic heterocycles. The fourth-order valence-corrected chi connectivity index (χ4v) is 6.19. The lowest BCUT2D eigenvalue weighted by Crippen LogP contribution is -2.22. The first-order valence-electron chi connectivity index (χ1n) is 16.7. The molecular weight excluding hydrogens is 742 g/mol. The first kappa shape index (κ1) is 38.7. The number of carbonyl (C=O) groups is 1. The molecule has 0 fully saturated rings. The number of alkyl halides is 6. The zero-order valence-corrected chi connectivity index (χ0v) is 28.9. The monoisotopic (exact) mass is 770 g/mol. The molecule has 2 heterocycles. The van der Waals surface area contributed by atoms with Crippen molar-refractivity contribution in [2.24, 2.45) is 0 Å². The van der Waals surface area contributed by atoms with Crippen LogP contribution in [0.3, 0.4) is 0 Å². The van der Waals surface area contributed by atoms with Crippen LogP contribution >= 0.6 is 0 Å². The molecule has 56 heavy (non-hydrogen) atoms. The van der Waals surface area contributed by atoms with Gasteiger partial charge in [0.15, 0.2) is 0 Å². The highest BCUT2D eigenvalue weighted by Gasteiger charge is 2.41. The van der Waals surface area contributed by atoms with Crippen LogP contribution in [0.15, 0.2) is 140 Å². The number of hydrogen-bond donors (Lipinski definition) is 0. The van der Waals surface area contributed by atoms with Crippen molar-refractivity contribution in [3.8, 4) is 0 Å². The summed E-state index contributed by atoms with van der Waals surface area (Å²) in [7, 11) is 0. The minimum Gasteiger partial charge on any atom is -0.342 e. The highest BCUT2D eigenvalue weighted by Crippen LogP contribution is 2.40. The molecule has 0 amide bonds. The van der Waals surface area contributed by atoms with Gasteiger partial charge in [0, 0.05) is 66.1 Å². The molecule has 0 aliphatic rings. The summed E-state index contributed by atoms with van der Waals surface area (Å²) >= 11 is 0. The number of nitro benzene ring substituents is 2. The van der Waals surface area contributed by atoms with Gasteiger partial charge in [0.25, 0.3) is 17.2 Å². The molecule has 0 unspecified atom stereocenters. The Kier molecular flexibility index (Phi) is 10.9. The maximum absolute atomic E-state index is 14.1. The van der Waals surface area contributed by atoms with E-state index in [1.54, 1.807) is 65.2 Å². The van der Waals surface area contributed by atoms with E-state index in [2.05, 4.69) is 0 Å². The van der Waals surface area contributed by atoms with E-state index in [1.165, 1.54) is 41.1 Å². The van der Waals surface area contributed by atoms with Crippen LogP contribution in [0.4, 0.5) is 37.7 Å². The number of non-ortho nitro benzene ring substituents is 2. The minimum atomic E-state index is -5.02. The van der Waals surface area contributed by atoms with Crippen LogP contribution in [-0.2, 0) is 13.1 Å². The van der Waals surface area contributed by atoms with E-state index in [0.29, 0.717) is 16.5 Å². The Hall–Kier alpha value is -7.03. The second kappa shape index (κ2) is 15.8. The summed E-state index contributed by atoms with van der Waals surface area (Å²) in [5.74, 6) is -1.97. The number of Topliss-reactive ketones (excluding diaryl/α,β-unsaturated/α-hetero) is 1. The van der Waals surface area contributed by atoms with Gasteiger partial charge >= 0.3 is 12.4 Å². The zero-order chi connectivity index (χ0) is 40.2. The third-order valence-corrected chi connectivity index (χ3v) is 8.75. The maximum atomic E-state index is 14.1. The molecule has 7 aromatic rings. The third-order valence-electron chi connectivity index (χ3n) is 8.75. The lowest BCUT2D eigenvalue weighted by Gasteiger charge is -2.11. The van der Waals surface area contributed by atoms with Crippen LogP contribution in [0.2, 0.25) is 0 Å². The molecule has 0 bridgehead atoms. The molecule has 0 spiro atoms. The molecule has 7 rings (SSSR count). The van der Waals surface area contributed by atoms with Gasteiger partial charge < -0.3 is 9.13 Å².